The van der Waals surface area contributed by atoms with Crippen molar-refractivity contribution >= 4 is 28.1 Å². The number of unbranched alkanes of at least 4 members (excludes halogenated alkanes) is 1. The van der Waals surface area contributed by atoms with Gasteiger partial charge in [-0.15, -0.1) is 11.3 Å². The van der Waals surface area contributed by atoms with Crippen molar-refractivity contribution in [3.63, 3.8) is 0 Å². The maximum absolute atomic E-state index is 12.1. The van der Waals surface area contributed by atoms with Crippen LogP contribution in [0.1, 0.15) is 25.3 Å². The lowest BCUT2D eigenvalue weighted by Crippen LogP contribution is -2.20. The normalized spacial score (nSPS) is 10.6. The van der Waals surface area contributed by atoms with Crippen molar-refractivity contribution in [2.24, 2.45) is 0 Å². The fourth-order valence-corrected chi connectivity index (χ4v) is 3.22. The smallest absolute Gasteiger partial charge is 0.262 e. The molecule has 6 heteroatoms. The molecule has 27 heavy (non-hydrogen) atoms. The number of nitrogen functional groups attached to an aromatic ring is 1. The largest absolute Gasteiger partial charge is 0.484 e. The molecule has 0 unspecified atom stereocenters. The van der Waals surface area contributed by atoms with Crippen LogP contribution in [0.3, 0.4) is 0 Å². The van der Waals surface area contributed by atoms with Crippen molar-refractivity contribution in [2.75, 3.05) is 17.7 Å². The van der Waals surface area contributed by atoms with E-state index in [0.29, 0.717) is 10.9 Å². The van der Waals surface area contributed by atoms with Crippen LogP contribution in [0.25, 0.3) is 11.3 Å². The minimum atomic E-state index is -0.195. The van der Waals surface area contributed by atoms with Gasteiger partial charge < -0.3 is 15.8 Å². The average Bonchev–Trinajstić information content (AvgIpc) is 3.12. The summed E-state index contributed by atoms with van der Waals surface area (Å²) in [5.74, 6) is 0.420. The molecule has 0 aliphatic carbocycles. The second kappa shape index (κ2) is 9.19. The molecule has 3 aromatic rings. The summed E-state index contributed by atoms with van der Waals surface area (Å²) >= 11 is 1.39. The van der Waals surface area contributed by atoms with Gasteiger partial charge in [-0.1, -0.05) is 37.6 Å². The number of hydrogen-bond acceptors (Lipinski definition) is 5. The number of carbonyl (C=O) groups is 1. The van der Waals surface area contributed by atoms with Gasteiger partial charge in [0, 0.05) is 16.6 Å². The molecule has 2 aromatic carbocycles. The second-order valence-electron chi connectivity index (χ2n) is 6.24. The first kappa shape index (κ1) is 18.9. The first-order valence-corrected chi connectivity index (χ1v) is 9.85. The Morgan fingerprint density at radius 1 is 1.22 bits per heavy atom. The van der Waals surface area contributed by atoms with Crippen LogP contribution >= 0.6 is 11.3 Å². The van der Waals surface area contributed by atoms with Gasteiger partial charge in [0.25, 0.3) is 5.91 Å². The molecule has 0 atom stereocenters. The predicted molar refractivity (Wildman–Crippen MR) is 111 cm³/mol. The number of carbonyl (C=O) groups excluding carboxylic acids is 1. The number of benzene rings is 2. The number of nitrogens with two attached hydrogens (primary N) is 1. The molecule has 0 saturated heterocycles. The summed E-state index contributed by atoms with van der Waals surface area (Å²) in [6.07, 6.45) is 3.41. The van der Waals surface area contributed by atoms with Gasteiger partial charge in [-0.2, -0.15) is 0 Å². The Bertz CT molecular complexity index is 890. The van der Waals surface area contributed by atoms with E-state index >= 15 is 0 Å². The van der Waals surface area contributed by atoms with E-state index in [1.54, 1.807) is 0 Å². The molecule has 0 spiro atoms. The third-order valence-electron chi connectivity index (χ3n) is 4.08. The van der Waals surface area contributed by atoms with Crippen LogP contribution in [0.5, 0.6) is 5.75 Å². The quantitative estimate of drug-likeness (QED) is 0.590. The fourth-order valence-electron chi connectivity index (χ4n) is 2.65. The van der Waals surface area contributed by atoms with Crippen LogP contribution in [-0.2, 0) is 11.2 Å². The van der Waals surface area contributed by atoms with Gasteiger partial charge in [0.15, 0.2) is 11.7 Å². The van der Waals surface area contributed by atoms with Gasteiger partial charge in [0.05, 0.1) is 5.69 Å². The van der Waals surface area contributed by atoms with Gasteiger partial charge in [0.1, 0.15) is 5.75 Å². The average molecular weight is 382 g/mol. The van der Waals surface area contributed by atoms with Crippen molar-refractivity contribution in [3.05, 3.63) is 59.5 Å². The van der Waals surface area contributed by atoms with Crippen molar-refractivity contribution in [1.29, 1.82) is 0 Å². The van der Waals surface area contributed by atoms with Crippen LogP contribution in [0.2, 0.25) is 0 Å². The van der Waals surface area contributed by atoms with Crippen molar-refractivity contribution in [3.8, 4) is 17.0 Å². The summed E-state index contributed by atoms with van der Waals surface area (Å²) < 4.78 is 5.62. The number of thiazole rings is 1. The Kier molecular flexibility index (Phi) is 6.44. The molecule has 140 valence electrons. The van der Waals surface area contributed by atoms with Crippen LogP contribution in [0.4, 0.5) is 10.8 Å². The highest BCUT2D eigenvalue weighted by Gasteiger charge is 2.07. The van der Waals surface area contributed by atoms with Gasteiger partial charge in [-0.3, -0.25) is 4.79 Å². The molecule has 5 nitrogen and oxygen atoms in total. The Balaban J connectivity index is 1.53. The molecular weight excluding hydrogens is 358 g/mol. The monoisotopic (exact) mass is 381 g/mol. The van der Waals surface area contributed by atoms with Gasteiger partial charge in [0.2, 0.25) is 0 Å². The highest BCUT2D eigenvalue weighted by Crippen LogP contribution is 2.26. The summed E-state index contributed by atoms with van der Waals surface area (Å²) in [5, 5.41) is 5.27. The lowest BCUT2D eigenvalue weighted by molar-refractivity contribution is -0.118. The SMILES string of the molecule is CCCCc1ccc(NC(=O)COc2cccc(-c3csc(N)n3)c2)cc1. The van der Waals surface area contributed by atoms with E-state index in [9.17, 15) is 4.79 Å². The Morgan fingerprint density at radius 2 is 2.04 bits per heavy atom. The molecule has 0 aliphatic heterocycles. The van der Waals surface area contributed by atoms with Crippen molar-refractivity contribution in [2.45, 2.75) is 26.2 Å². The third-order valence-corrected chi connectivity index (χ3v) is 4.75. The molecule has 3 rings (SSSR count). The third kappa shape index (κ3) is 5.56. The predicted octanol–water partition coefficient (Wildman–Crippen LogP) is 4.75. The minimum Gasteiger partial charge on any atom is -0.484 e. The van der Waals surface area contributed by atoms with E-state index in [4.69, 9.17) is 10.5 Å². The standard InChI is InChI=1S/C21H23N3O2S/c1-2-3-5-15-8-10-17(11-9-15)23-20(25)13-26-18-7-4-6-16(12-18)19-14-27-21(22)24-19/h4,6-12,14H,2-3,5,13H2,1H3,(H2,22,24)(H,23,25). The zero-order valence-electron chi connectivity index (χ0n) is 15.3. The molecule has 0 aliphatic rings. The lowest BCUT2D eigenvalue weighted by Gasteiger charge is -2.09. The van der Waals surface area contributed by atoms with E-state index in [2.05, 4.69) is 29.4 Å². The lowest BCUT2D eigenvalue weighted by atomic mass is 10.1. The Labute approximate surface area is 163 Å². The van der Waals surface area contributed by atoms with E-state index in [1.165, 1.54) is 29.7 Å². The number of rotatable bonds is 8. The maximum atomic E-state index is 12.1. The molecule has 1 amide bonds. The van der Waals surface area contributed by atoms with Crippen LogP contribution < -0.4 is 15.8 Å². The van der Waals surface area contributed by atoms with Gasteiger partial charge in [-0.25, -0.2) is 4.98 Å². The summed E-state index contributed by atoms with van der Waals surface area (Å²) in [4.78, 5) is 16.4. The summed E-state index contributed by atoms with van der Waals surface area (Å²) in [7, 11) is 0. The maximum Gasteiger partial charge on any atom is 0.262 e. The zero-order chi connectivity index (χ0) is 19.1. The number of aromatic nitrogens is 1. The molecule has 3 N–H and O–H groups in total. The Hall–Kier alpha value is -2.86. The van der Waals surface area contributed by atoms with E-state index in [0.717, 1.165) is 23.4 Å². The molecule has 1 heterocycles. The van der Waals surface area contributed by atoms with Crippen molar-refractivity contribution < 1.29 is 9.53 Å². The van der Waals surface area contributed by atoms with Crippen molar-refractivity contribution in [1.82, 2.24) is 4.98 Å². The zero-order valence-corrected chi connectivity index (χ0v) is 16.1. The molecule has 1 aromatic heterocycles. The number of ether oxygens (including phenoxy) is 1. The fraction of sp³-hybridized carbons (Fsp3) is 0.238. The number of hydrogen-bond donors (Lipinski definition) is 2. The van der Waals surface area contributed by atoms with Gasteiger partial charge in [-0.05, 0) is 42.7 Å². The van der Waals surface area contributed by atoms with Gasteiger partial charge >= 0.3 is 0 Å². The second-order valence-corrected chi connectivity index (χ2v) is 7.13. The first-order chi connectivity index (χ1) is 13.1. The number of nitrogens with zero attached hydrogens (tertiary/aromatic N) is 1. The number of aryl methyl sites for hydroxylation is 1. The molecule has 0 bridgehead atoms. The van der Waals surface area contributed by atoms with Crippen LogP contribution in [0.15, 0.2) is 53.9 Å². The van der Waals surface area contributed by atoms with E-state index in [-0.39, 0.29) is 12.5 Å². The molecule has 0 radical (unpaired) electrons. The molecule has 0 fully saturated rings. The number of anilines is 2. The van der Waals surface area contributed by atoms with E-state index in [1.807, 2.05) is 41.8 Å². The van der Waals surface area contributed by atoms with Crippen LogP contribution in [-0.4, -0.2) is 17.5 Å². The van der Waals surface area contributed by atoms with E-state index < -0.39 is 0 Å². The topological polar surface area (TPSA) is 77.2 Å². The summed E-state index contributed by atoms with van der Waals surface area (Å²) in [5.41, 5.74) is 9.45. The molecule has 0 saturated carbocycles. The molecular formula is C21H23N3O2S. The highest BCUT2D eigenvalue weighted by atomic mass is 32.1. The Morgan fingerprint density at radius 3 is 2.74 bits per heavy atom. The van der Waals surface area contributed by atoms with Crippen LogP contribution in [0, 0.1) is 0 Å². The minimum absolute atomic E-state index is 0.0553. The summed E-state index contributed by atoms with van der Waals surface area (Å²) in [6.45, 7) is 2.12. The summed E-state index contributed by atoms with van der Waals surface area (Å²) in [6, 6.07) is 15.4. The number of nitrogens with one attached hydrogen (secondary N) is 1. The first-order valence-electron chi connectivity index (χ1n) is 8.97. The highest BCUT2D eigenvalue weighted by molar-refractivity contribution is 7.13. The number of amides is 1.